The lowest BCUT2D eigenvalue weighted by Gasteiger charge is -2.24. The number of rotatable bonds is 7. The van der Waals surface area contributed by atoms with E-state index in [4.69, 9.17) is 11.6 Å². The fourth-order valence-corrected chi connectivity index (χ4v) is 4.98. The van der Waals surface area contributed by atoms with E-state index >= 15 is 0 Å². The van der Waals surface area contributed by atoms with E-state index in [1.165, 1.54) is 36.6 Å². The molecule has 8 heteroatoms. The van der Waals surface area contributed by atoms with Crippen LogP contribution in [-0.4, -0.2) is 44.1 Å². The molecular weight excluding hydrogens is 500 g/mol. The summed E-state index contributed by atoms with van der Waals surface area (Å²) in [6.07, 6.45) is 4.14. The molecule has 0 radical (unpaired) electrons. The third kappa shape index (κ3) is 5.79. The molecule has 0 aliphatic carbocycles. The molecule has 0 atom stereocenters. The first kappa shape index (κ1) is 25.7. The van der Waals surface area contributed by atoms with Gasteiger partial charge in [-0.1, -0.05) is 36.4 Å². The number of aromatic hydroxyl groups is 2. The molecule has 1 aliphatic rings. The highest BCUT2D eigenvalue weighted by molar-refractivity contribution is 6.28. The topological polar surface area (TPSA) is 89.8 Å². The monoisotopic (exact) mass is 528 g/mol. The summed E-state index contributed by atoms with van der Waals surface area (Å²) in [5.74, 6) is -0.754. The Morgan fingerprint density at radius 2 is 1.74 bits per heavy atom. The van der Waals surface area contributed by atoms with Gasteiger partial charge in [-0.15, -0.1) is 0 Å². The normalized spacial score (nSPS) is 13.5. The van der Waals surface area contributed by atoms with Gasteiger partial charge in [-0.2, -0.15) is 0 Å². The Bertz CT molecular complexity index is 1450. The minimum atomic E-state index is -0.374. The number of nitrogens with zero attached hydrogens (tertiary/aromatic N) is 4. The second-order valence-corrected chi connectivity index (χ2v) is 9.95. The Morgan fingerprint density at radius 1 is 1.00 bits per heavy atom. The van der Waals surface area contributed by atoms with Crippen LogP contribution in [0.15, 0.2) is 72.9 Å². The molecule has 3 aromatic carbocycles. The van der Waals surface area contributed by atoms with E-state index < -0.39 is 0 Å². The molecule has 1 aliphatic heterocycles. The van der Waals surface area contributed by atoms with Crippen molar-refractivity contribution in [1.82, 2.24) is 14.9 Å². The minimum Gasteiger partial charge on any atom is -0.508 e. The second-order valence-electron chi connectivity index (χ2n) is 9.61. The Balaban J connectivity index is 1.48. The van der Waals surface area contributed by atoms with Crippen LogP contribution < -0.4 is 4.90 Å². The number of likely N-dealkylation sites (tertiary alicyclic amines) is 1. The summed E-state index contributed by atoms with van der Waals surface area (Å²) in [6, 6.07) is 19.8. The Labute approximate surface area is 227 Å². The maximum Gasteiger partial charge on any atom is 0.262 e. The van der Waals surface area contributed by atoms with Crippen LogP contribution in [0.3, 0.4) is 0 Å². The fourth-order valence-electron chi connectivity index (χ4n) is 4.85. The molecule has 1 fully saturated rings. The molecule has 7 nitrogen and oxygen atoms in total. The maximum absolute atomic E-state index is 13.7. The Kier molecular flexibility index (Phi) is 7.58. The zero-order valence-electron chi connectivity index (χ0n) is 21.1. The highest BCUT2D eigenvalue weighted by Crippen LogP contribution is 2.30. The van der Waals surface area contributed by atoms with E-state index in [1.54, 1.807) is 11.1 Å². The van der Waals surface area contributed by atoms with E-state index in [0.717, 1.165) is 42.0 Å². The van der Waals surface area contributed by atoms with Gasteiger partial charge in [0.05, 0.1) is 17.8 Å². The first-order chi connectivity index (χ1) is 18.4. The summed E-state index contributed by atoms with van der Waals surface area (Å²) in [7, 11) is 0. The van der Waals surface area contributed by atoms with Crippen molar-refractivity contribution in [3.8, 4) is 22.8 Å². The second kappa shape index (κ2) is 11.2. The van der Waals surface area contributed by atoms with Crippen LogP contribution in [0.2, 0.25) is 5.28 Å². The number of halogens is 1. The van der Waals surface area contributed by atoms with Crippen molar-refractivity contribution in [2.45, 2.75) is 32.9 Å². The van der Waals surface area contributed by atoms with Gasteiger partial charge in [0.1, 0.15) is 11.5 Å². The highest BCUT2D eigenvalue weighted by atomic mass is 35.5. The lowest BCUT2D eigenvalue weighted by Crippen LogP contribution is -2.30. The van der Waals surface area contributed by atoms with Crippen LogP contribution in [0, 0.1) is 6.92 Å². The molecule has 5 rings (SSSR count). The Hall–Kier alpha value is -3.94. The van der Waals surface area contributed by atoms with Gasteiger partial charge in [-0.05, 0) is 85.4 Å². The van der Waals surface area contributed by atoms with Crippen LogP contribution in [-0.2, 0) is 13.1 Å². The number of amides is 1. The molecule has 0 unspecified atom stereocenters. The molecule has 1 aromatic heterocycles. The van der Waals surface area contributed by atoms with E-state index in [2.05, 4.69) is 27.0 Å². The molecule has 0 saturated carbocycles. The number of hydrogen-bond acceptors (Lipinski definition) is 6. The average molecular weight is 529 g/mol. The predicted octanol–water partition coefficient (Wildman–Crippen LogP) is 5.96. The molecular formula is C30H29ClN4O3. The number of aryl methyl sites for hydroxylation is 1. The van der Waals surface area contributed by atoms with Crippen LogP contribution >= 0.6 is 11.6 Å². The van der Waals surface area contributed by atoms with Gasteiger partial charge in [0, 0.05) is 30.1 Å². The number of carbonyl (C=O) groups excluding carboxylic acids is 1. The fraction of sp³-hybridized carbons (Fsp3) is 0.233. The summed E-state index contributed by atoms with van der Waals surface area (Å²) in [6.45, 7) is 5.33. The van der Waals surface area contributed by atoms with Gasteiger partial charge in [0.2, 0.25) is 5.28 Å². The number of anilines is 1. The van der Waals surface area contributed by atoms with Crippen LogP contribution in [0.5, 0.6) is 11.5 Å². The SMILES string of the molecule is Cc1cnc(Cl)nc1-c1ccc(N(Cc2cccc(CN3CCCC3)c2)C(=O)c2ccc(O)cc2O)cc1. The van der Waals surface area contributed by atoms with Crippen LogP contribution in [0.4, 0.5) is 5.69 Å². The number of phenols is 2. The molecule has 1 saturated heterocycles. The van der Waals surface area contributed by atoms with E-state index in [9.17, 15) is 15.0 Å². The maximum atomic E-state index is 13.7. The van der Waals surface area contributed by atoms with E-state index in [-0.39, 0.29) is 28.3 Å². The molecule has 0 bridgehead atoms. The lowest BCUT2D eigenvalue weighted by atomic mass is 10.1. The van der Waals surface area contributed by atoms with Crippen LogP contribution in [0.1, 0.15) is 39.9 Å². The predicted molar refractivity (Wildman–Crippen MR) is 148 cm³/mol. The van der Waals surface area contributed by atoms with Crippen LogP contribution in [0.25, 0.3) is 11.3 Å². The number of phenolic OH excluding ortho intramolecular Hbond substituents is 2. The molecule has 38 heavy (non-hydrogen) atoms. The zero-order chi connectivity index (χ0) is 26.6. The van der Waals surface area contributed by atoms with Crippen molar-refractivity contribution in [3.05, 3.63) is 100 Å². The summed E-state index contributed by atoms with van der Waals surface area (Å²) < 4.78 is 0. The van der Waals surface area contributed by atoms with E-state index in [0.29, 0.717) is 12.2 Å². The first-order valence-corrected chi connectivity index (χ1v) is 13.0. The van der Waals surface area contributed by atoms with Crippen molar-refractivity contribution in [1.29, 1.82) is 0 Å². The standard InChI is InChI=1S/C30H29ClN4O3/c1-20-17-32-30(31)33-28(20)23-7-9-24(10-8-23)35(29(38)26-12-11-25(36)16-27(26)37)19-22-6-4-5-21(15-22)18-34-13-2-3-14-34/h4-12,15-17,36-37H,2-3,13-14,18-19H2,1H3. The molecule has 2 heterocycles. The third-order valence-corrected chi connectivity index (χ3v) is 6.97. The van der Waals surface area contributed by atoms with E-state index in [1.807, 2.05) is 43.3 Å². The van der Waals surface area contributed by atoms with Crippen molar-refractivity contribution in [2.24, 2.45) is 0 Å². The van der Waals surface area contributed by atoms with Gasteiger partial charge >= 0.3 is 0 Å². The quantitative estimate of drug-likeness (QED) is 0.288. The van der Waals surface area contributed by atoms with Crippen molar-refractivity contribution in [2.75, 3.05) is 18.0 Å². The summed E-state index contributed by atoms with van der Waals surface area (Å²) in [5, 5.41) is 20.3. The number of carbonyl (C=O) groups is 1. The molecule has 0 spiro atoms. The van der Waals surface area contributed by atoms with Gasteiger partial charge in [-0.25, -0.2) is 9.97 Å². The molecule has 2 N–H and O–H groups in total. The van der Waals surface area contributed by atoms with Crippen molar-refractivity contribution >= 4 is 23.2 Å². The minimum absolute atomic E-state index is 0.108. The number of benzene rings is 3. The number of hydrogen-bond donors (Lipinski definition) is 2. The van der Waals surface area contributed by atoms with Gasteiger partial charge in [0.25, 0.3) is 5.91 Å². The Morgan fingerprint density at radius 3 is 2.47 bits per heavy atom. The number of aromatic nitrogens is 2. The molecule has 1 amide bonds. The first-order valence-electron chi connectivity index (χ1n) is 12.6. The smallest absolute Gasteiger partial charge is 0.262 e. The van der Waals surface area contributed by atoms with Gasteiger partial charge in [0.15, 0.2) is 0 Å². The van der Waals surface area contributed by atoms with Crippen molar-refractivity contribution < 1.29 is 15.0 Å². The highest BCUT2D eigenvalue weighted by Gasteiger charge is 2.22. The van der Waals surface area contributed by atoms with Gasteiger partial charge in [-0.3, -0.25) is 9.69 Å². The summed E-state index contributed by atoms with van der Waals surface area (Å²) >= 11 is 6.02. The average Bonchev–Trinajstić information content (AvgIpc) is 3.42. The third-order valence-electron chi connectivity index (χ3n) is 6.79. The zero-order valence-corrected chi connectivity index (χ0v) is 21.9. The molecule has 4 aromatic rings. The lowest BCUT2D eigenvalue weighted by molar-refractivity contribution is 0.0982. The van der Waals surface area contributed by atoms with Crippen molar-refractivity contribution in [3.63, 3.8) is 0 Å². The summed E-state index contributed by atoms with van der Waals surface area (Å²) in [4.78, 5) is 26.2. The molecule has 194 valence electrons. The summed E-state index contributed by atoms with van der Waals surface area (Å²) in [5.41, 5.74) is 5.42. The van der Waals surface area contributed by atoms with Gasteiger partial charge < -0.3 is 15.1 Å². The largest absolute Gasteiger partial charge is 0.508 e.